The molecule has 3 nitrogen and oxygen atoms in total. The van der Waals surface area contributed by atoms with Crippen LogP contribution in [0.4, 0.5) is 12.9 Å². The molecule has 0 aliphatic carbocycles. The second-order valence-corrected chi connectivity index (χ2v) is 3.27. The SMILES string of the molecule is C=C(Cn1cc(C)cnc1=O)[B-](F)(F)F.[K+]. The van der Waals surface area contributed by atoms with E-state index in [1.165, 1.54) is 12.4 Å². The van der Waals surface area contributed by atoms with Crippen molar-refractivity contribution >= 4 is 6.98 Å². The van der Waals surface area contributed by atoms with Crippen LogP contribution in [-0.4, -0.2) is 16.5 Å². The summed E-state index contributed by atoms with van der Waals surface area (Å²) in [5.41, 5.74) is -0.997. The zero-order chi connectivity index (χ0) is 11.6. The first-order valence-corrected chi connectivity index (χ1v) is 4.21. The van der Waals surface area contributed by atoms with E-state index in [4.69, 9.17) is 0 Å². The Bertz CT molecular complexity index is 444. The number of halogens is 3. The fourth-order valence-electron chi connectivity index (χ4n) is 1.00. The van der Waals surface area contributed by atoms with Crippen LogP contribution in [0.15, 0.2) is 29.2 Å². The van der Waals surface area contributed by atoms with Gasteiger partial charge >= 0.3 is 64.1 Å². The summed E-state index contributed by atoms with van der Waals surface area (Å²) >= 11 is 0. The van der Waals surface area contributed by atoms with E-state index in [0.717, 1.165) is 4.57 Å². The number of hydrogen-bond donors (Lipinski definition) is 0. The Balaban J connectivity index is 0.00000225. The molecule has 0 unspecified atom stereocenters. The summed E-state index contributed by atoms with van der Waals surface area (Å²) in [7, 11) is 0. The molecule has 1 heterocycles. The van der Waals surface area contributed by atoms with E-state index in [1.807, 2.05) is 0 Å². The molecule has 0 atom stereocenters. The van der Waals surface area contributed by atoms with Crippen LogP contribution in [0.1, 0.15) is 5.56 Å². The molecule has 0 amide bonds. The molecule has 1 rings (SSSR count). The molecule has 1 aromatic rings. The van der Waals surface area contributed by atoms with Gasteiger partial charge in [0.2, 0.25) is 0 Å². The Hall–Kier alpha value is 0.111. The maximum atomic E-state index is 12.2. The maximum absolute atomic E-state index is 12.2. The van der Waals surface area contributed by atoms with Gasteiger partial charge in [-0.2, -0.15) is 0 Å². The van der Waals surface area contributed by atoms with Crippen molar-refractivity contribution in [1.82, 2.24) is 9.55 Å². The predicted octanol–water partition coefficient (Wildman–Crippen LogP) is -1.50. The van der Waals surface area contributed by atoms with Crippen molar-refractivity contribution in [1.29, 1.82) is 0 Å². The largest absolute Gasteiger partial charge is 1.00 e. The molecular formula is C8H9BF3KN2O. The average molecular weight is 256 g/mol. The summed E-state index contributed by atoms with van der Waals surface area (Å²) in [5.74, 6) is 0. The third-order valence-corrected chi connectivity index (χ3v) is 1.82. The standard InChI is InChI=1S/C8H9BF3N2O.K/c1-6-3-13-8(15)14(4-6)5-7(2)9(10,11)12;/h3-4H,2,5H2,1H3;/q-1;+1. The Morgan fingerprint density at radius 2 is 2.12 bits per heavy atom. The van der Waals surface area contributed by atoms with Crippen LogP contribution in [0.2, 0.25) is 0 Å². The number of hydrogen-bond acceptors (Lipinski definition) is 2. The van der Waals surface area contributed by atoms with Crippen LogP contribution >= 0.6 is 0 Å². The summed E-state index contributed by atoms with van der Waals surface area (Å²) in [6.07, 6.45) is 2.63. The molecule has 1 aromatic heterocycles. The van der Waals surface area contributed by atoms with Gasteiger partial charge in [0.15, 0.2) is 0 Å². The molecule has 0 saturated heterocycles. The number of allylic oxidation sites excluding steroid dienone is 1. The minimum Gasteiger partial charge on any atom is -0.445 e. The van der Waals surface area contributed by atoms with E-state index in [9.17, 15) is 17.7 Å². The third-order valence-electron chi connectivity index (χ3n) is 1.82. The Morgan fingerprint density at radius 3 is 2.62 bits per heavy atom. The van der Waals surface area contributed by atoms with Crippen molar-refractivity contribution in [3.05, 3.63) is 40.5 Å². The van der Waals surface area contributed by atoms with Gasteiger partial charge in [-0.15, -0.1) is 12.1 Å². The summed E-state index contributed by atoms with van der Waals surface area (Å²) in [6, 6.07) is 0. The van der Waals surface area contributed by atoms with Crippen molar-refractivity contribution < 1.29 is 64.3 Å². The molecular weight excluding hydrogens is 247 g/mol. The Kier molecular flexibility index (Phi) is 6.20. The predicted molar refractivity (Wildman–Crippen MR) is 51.5 cm³/mol. The molecule has 0 aliphatic rings. The number of nitrogens with zero attached hydrogens (tertiary/aromatic N) is 2. The smallest absolute Gasteiger partial charge is 0.445 e. The van der Waals surface area contributed by atoms with Crippen LogP contribution in [-0.2, 0) is 6.54 Å². The first kappa shape index (κ1) is 16.1. The molecule has 0 N–H and O–H groups in total. The third kappa shape index (κ3) is 4.54. The van der Waals surface area contributed by atoms with Gasteiger partial charge in [-0.05, 0) is 12.5 Å². The van der Waals surface area contributed by atoms with Crippen LogP contribution in [0.5, 0.6) is 0 Å². The van der Waals surface area contributed by atoms with Gasteiger partial charge in [0.05, 0.1) is 0 Å². The molecule has 0 aliphatic heterocycles. The molecule has 0 radical (unpaired) electrons. The van der Waals surface area contributed by atoms with Crippen molar-refractivity contribution in [2.75, 3.05) is 0 Å². The zero-order valence-corrected chi connectivity index (χ0v) is 12.2. The summed E-state index contributed by atoms with van der Waals surface area (Å²) in [6.45, 7) is -1.11. The monoisotopic (exact) mass is 256 g/mol. The topological polar surface area (TPSA) is 34.9 Å². The molecule has 0 spiro atoms. The number of rotatable bonds is 3. The molecule has 0 aromatic carbocycles. The zero-order valence-electron chi connectivity index (χ0n) is 9.08. The van der Waals surface area contributed by atoms with Crippen molar-refractivity contribution in [3.63, 3.8) is 0 Å². The van der Waals surface area contributed by atoms with Crippen LogP contribution in [0.25, 0.3) is 0 Å². The minimum absolute atomic E-state index is 0. The fourth-order valence-corrected chi connectivity index (χ4v) is 1.00. The van der Waals surface area contributed by atoms with E-state index in [0.29, 0.717) is 5.56 Å². The summed E-state index contributed by atoms with van der Waals surface area (Å²) in [5, 5.41) is 0. The Labute approximate surface area is 133 Å². The Morgan fingerprint density at radius 1 is 1.56 bits per heavy atom. The molecule has 0 bridgehead atoms. The number of aromatic nitrogens is 2. The van der Waals surface area contributed by atoms with Gasteiger partial charge in [-0.25, -0.2) is 9.78 Å². The molecule has 16 heavy (non-hydrogen) atoms. The van der Waals surface area contributed by atoms with E-state index < -0.39 is 24.7 Å². The molecule has 82 valence electrons. The van der Waals surface area contributed by atoms with Crippen molar-refractivity contribution in [2.24, 2.45) is 0 Å². The molecule has 8 heteroatoms. The van der Waals surface area contributed by atoms with Gasteiger partial charge in [0.25, 0.3) is 0 Å². The fraction of sp³-hybridized carbons (Fsp3) is 0.250. The van der Waals surface area contributed by atoms with E-state index in [1.54, 1.807) is 6.92 Å². The van der Waals surface area contributed by atoms with Gasteiger partial charge in [-0.3, -0.25) is 4.57 Å². The summed E-state index contributed by atoms with van der Waals surface area (Å²) in [4.78, 5) is 14.5. The second kappa shape index (κ2) is 6.15. The second-order valence-electron chi connectivity index (χ2n) is 3.27. The normalized spacial score (nSPS) is 10.8. The molecule has 0 fully saturated rings. The summed E-state index contributed by atoms with van der Waals surface area (Å²) < 4.78 is 37.5. The number of aryl methyl sites for hydroxylation is 1. The first-order chi connectivity index (χ1) is 6.80. The van der Waals surface area contributed by atoms with Gasteiger partial charge < -0.3 is 12.9 Å². The van der Waals surface area contributed by atoms with Gasteiger partial charge in [0, 0.05) is 18.9 Å². The van der Waals surface area contributed by atoms with Crippen molar-refractivity contribution in [2.45, 2.75) is 13.5 Å². The van der Waals surface area contributed by atoms with E-state index in [-0.39, 0.29) is 51.4 Å². The molecule has 0 saturated carbocycles. The average Bonchev–Trinajstić information content (AvgIpc) is 2.09. The maximum Gasteiger partial charge on any atom is 1.00 e. The van der Waals surface area contributed by atoms with Crippen LogP contribution in [0, 0.1) is 6.92 Å². The van der Waals surface area contributed by atoms with Crippen molar-refractivity contribution in [3.8, 4) is 0 Å². The van der Waals surface area contributed by atoms with Gasteiger partial charge in [0.1, 0.15) is 0 Å². The quantitative estimate of drug-likeness (QED) is 0.617. The van der Waals surface area contributed by atoms with Crippen LogP contribution < -0.4 is 57.1 Å². The minimum atomic E-state index is -5.11. The van der Waals surface area contributed by atoms with Gasteiger partial charge in [-0.1, -0.05) is 0 Å². The van der Waals surface area contributed by atoms with E-state index in [2.05, 4.69) is 11.6 Å². The first-order valence-electron chi connectivity index (χ1n) is 4.21. The van der Waals surface area contributed by atoms with Crippen LogP contribution in [0.3, 0.4) is 0 Å². The van der Waals surface area contributed by atoms with E-state index >= 15 is 0 Å².